The van der Waals surface area contributed by atoms with Crippen LogP contribution in [0.2, 0.25) is 0 Å². The smallest absolute Gasteiger partial charge is 0.338 e. The van der Waals surface area contributed by atoms with Crippen LogP contribution in [0.5, 0.6) is 0 Å². The molecule has 114 valence electrons. The number of carbonyl (C=O) groups excluding carboxylic acids is 1. The Bertz CT molecular complexity index is 512. The predicted molar refractivity (Wildman–Crippen MR) is 84.7 cm³/mol. The first-order chi connectivity index (χ1) is 10.3. The monoisotopic (exact) mass is 287 g/mol. The van der Waals surface area contributed by atoms with Crippen molar-refractivity contribution in [3.63, 3.8) is 0 Å². The number of hydrogen-bond donors (Lipinski definition) is 1. The van der Waals surface area contributed by atoms with E-state index in [9.17, 15) is 4.79 Å². The molecule has 3 nitrogen and oxygen atoms in total. The molecule has 0 radical (unpaired) electrons. The Hall–Kier alpha value is -1.51. The van der Waals surface area contributed by atoms with Crippen LogP contribution in [0.4, 0.5) is 5.69 Å². The summed E-state index contributed by atoms with van der Waals surface area (Å²) in [4.78, 5) is 12.5. The maximum Gasteiger partial charge on any atom is 0.338 e. The van der Waals surface area contributed by atoms with E-state index in [4.69, 9.17) is 4.74 Å². The molecule has 1 N–H and O–H groups in total. The third-order valence-corrected chi connectivity index (χ3v) is 4.90. The molecule has 21 heavy (non-hydrogen) atoms. The largest absolute Gasteiger partial charge is 0.459 e. The minimum atomic E-state index is -0.127. The number of hydrogen-bond acceptors (Lipinski definition) is 3. The summed E-state index contributed by atoms with van der Waals surface area (Å²) in [5.74, 6) is 0.597. The summed E-state index contributed by atoms with van der Waals surface area (Å²) in [6.45, 7) is 3.22. The van der Waals surface area contributed by atoms with Crippen LogP contribution >= 0.6 is 0 Å². The lowest BCUT2D eigenvalue weighted by Crippen LogP contribution is -2.26. The van der Waals surface area contributed by atoms with Gasteiger partial charge in [0.15, 0.2) is 0 Å². The fraction of sp³-hybridized carbons (Fsp3) is 0.611. The van der Waals surface area contributed by atoms with Crippen molar-refractivity contribution in [2.75, 3.05) is 11.9 Å². The van der Waals surface area contributed by atoms with Gasteiger partial charge in [0.05, 0.1) is 5.56 Å². The average Bonchev–Trinajstić information content (AvgIpc) is 2.54. The summed E-state index contributed by atoms with van der Waals surface area (Å²) in [7, 11) is 0. The molecule has 3 rings (SSSR count). The number of rotatable bonds is 3. The van der Waals surface area contributed by atoms with Gasteiger partial charge >= 0.3 is 5.97 Å². The zero-order valence-electron chi connectivity index (χ0n) is 12.9. The van der Waals surface area contributed by atoms with Crippen molar-refractivity contribution in [1.29, 1.82) is 0 Å². The topological polar surface area (TPSA) is 38.3 Å². The number of esters is 1. The van der Waals surface area contributed by atoms with Crippen LogP contribution in [0.25, 0.3) is 0 Å². The van der Waals surface area contributed by atoms with E-state index in [1.54, 1.807) is 0 Å². The highest BCUT2D eigenvalue weighted by atomic mass is 16.5. The zero-order chi connectivity index (χ0) is 14.7. The van der Waals surface area contributed by atoms with E-state index in [0.29, 0.717) is 0 Å². The summed E-state index contributed by atoms with van der Waals surface area (Å²) in [5.41, 5.74) is 3.00. The third-order valence-electron chi connectivity index (χ3n) is 4.90. The lowest BCUT2D eigenvalue weighted by molar-refractivity contribution is 0.0139. The first kappa shape index (κ1) is 14.4. The van der Waals surface area contributed by atoms with Gasteiger partial charge in [0.2, 0.25) is 0 Å². The van der Waals surface area contributed by atoms with E-state index >= 15 is 0 Å². The number of benzene rings is 1. The molecular formula is C18H25NO2. The van der Waals surface area contributed by atoms with Crippen LogP contribution in [-0.4, -0.2) is 18.6 Å². The van der Waals surface area contributed by atoms with Crippen LogP contribution in [0.3, 0.4) is 0 Å². The highest BCUT2D eigenvalue weighted by Gasteiger charge is 2.26. The molecule has 1 fully saturated rings. The first-order valence-electron chi connectivity index (χ1n) is 8.34. The Morgan fingerprint density at radius 1 is 1.33 bits per heavy atom. The van der Waals surface area contributed by atoms with Gasteiger partial charge in [-0.05, 0) is 55.7 Å². The molecule has 1 aliphatic heterocycles. The number of nitrogens with one attached hydrogen (secondary N) is 1. The fourth-order valence-corrected chi connectivity index (χ4v) is 3.64. The molecule has 0 saturated heterocycles. The normalized spacial score (nSPS) is 24.8. The van der Waals surface area contributed by atoms with Crippen LogP contribution in [0.1, 0.15) is 61.4 Å². The Morgan fingerprint density at radius 2 is 2.24 bits per heavy atom. The molecule has 2 atom stereocenters. The zero-order valence-corrected chi connectivity index (χ0v) is 12.9. The molecule has 1 aromatic carbocycles. The van der Waals surface area contributed by atoms with Gasteiger partial charge in [-0.15, -0.1) is 0 Å². The standard InChI is InChI=1S/C18H25NO2/c1-2-13-6-3-7-14(12-13)21-18(20)16-8-4-10-17-15(16)9-5-11-19-17/h4,8,10,13-14,19H,2-3,5-7,9,11-12H2,1H3. The van der Waals surface area contributed by atoms with E-state index in [-0.39, 0.29) is 12.1 Å². The summed E-state index contributed by atoms with van der Waals surface area (Å²) in [6, 6.07) is 5.91. The predicted octanol–water partition coefficient (Wildman–Crippen LogP) is 4.17. The second-order valence-corrected chi connectivity index (χ2v) is 6.33. The highest BCUT2D eigenvalue weighted by molar-refractivity contribution is 5.93. The third kappa shape index (κ3) is 3.22. The Balaban J connectivity index is 1.71. The van der Waals surface area contributed by atoms with Crippen LogP contribution in [0, 0.1) is 5.92 Å². The van der Waals surface area contributed by atoms with Crippen molar-refractivity contribution in [3.8, 4) is 0 Å². The molecule has 1 aliphatic carbocycles. The van der Waals surface area contributed by atoms with E-state index in [1.807, 2.05) is 12.1 Å². The first-order valence-corrected chi connectivity index (χ1v) is 8.34. The number of carbonyl (C=O) groups is 1. The lowest BCUT2D eigenvalue weighted by atomic mass is 9.85. The lowest BCUT2D eigenvalue weighted by Gasteiger charge is -2.28. The molecule has 0 aromatic heterocycles. The Morgan fingerprint density at radius 3 is 3.10 bits per heavy atom. The fourth-order valence-electron chi connectivity index (χ4n) is 3.64. The van der Waals surface area contributed by atoms with E-state index in [0.717, 1.165) is 55.0 Å². The minimum absolute atomic E-state index is 0.114. The molecule has 2 unspecified atom stereocenters. The molecule has 3 heteroatoms. The molecule has 2 aliphatic rings. The molecular weight excluding hydrogens is 262 g/mol. The number of anilines is 1. The van der Waals surface area contributed by atoms with Gasteiger partial charge in [-0.25, -0.2) is 4.79 Å². The van der Waals surface area contributed by atoms with Crippen molar-refractivity contribution < 1.29 is 9.53 Å². The molecule has 1 aromatic rings. The van der Waals surface area contributed by atoms with Crippen molar-refractivity contribution in [2.45, 2.75) is 58.0 Å². The molecule has 0 spiro atoms. The average molecular weight is 287 g/mol. The van der Waals surface area contributed by atoms with Crippen molar-refractivity contribution in [2.24, 2.45) is 5.92 Å². The summed E-state index contributed by atoms with van der Waals surface area (Å²) < 4.78 is 5.81. The van der Waals surface area contributed by atoms with Crippen molar-refractivity contribution in [1.82, 2.24) is 0 Å². The molecule has 1 saturated carbocycles. The SMILES string of the molecule is CCC1CCCC(OC(=O)c2cccc3c2CCCN3)C1. The van der Waals surface area contributed by atoms with Crippen molar-refractivity contribution >= 4 is 11.7 Å². The Kier molecular flexibility index (Phi) is 4.47. The molecule has 1 heterocycles. The molecule has 0 bridgehead atoms. The van der Waals surface area contributed by atoms with Crippen LogP contribution < -0.4 is 5.32 Å². The van der Waals surface area contributed by atoms with Crippen LogP contribution in [-0.2, 0) is 11.2 Å². The second-order valence-electron chi connectivity index (χ2n) is 6.33. The van der Waals surface area contributed by atoms with Gasteiger partial charge in [0.25, 0.3) is 0 Å². The minimum Gasteiger partial charge on any atom is -0.459 e. The van der Waals surface area contributed by atoms with E-state index < -0.39 is 0 Å². The number of ether oxygens (including phenoxy) is 1. The van der Waals surface area contributed by atoms with Gasteiger partial charge in [0.1, 0.15) is 6.10 Å². The highest BCUT2D eigenvalue weighted by Crippen LogP contribution is 2.30. The summed E-state index contributed by atoms with van der Waals surface area (Å²) in [5, 5.41) is 3.37. The Labute approximate surface area is 127 Å². The van der Waals surface area contributed by atoms with E-state index in [1.165, 1.54) is 19.3 Å². The van der Waals surface area contributed by atoms with E-state index in [2.05, 4.69) is 18.3 Å². The van der Waals surface area contributed by atoms with Crippen LogP contribution in [0.15, 0.2) is 18.2 Å². The van der Waals surface area contributed by atoms with Gasteiger partial charge in [-0.1, -0.05) is 25.8 Å². The quantitative estimate of drug-likeness (QED) is 0.848. The molecule has 0 amide bonds. The maximum absolute atomic E-state index is 12.5. The summed E-state index contributed by atoms with van der Waals surface area (Å²) in [6.07, 6.45) is 7.89. The van der Waals surface area contributed by atoms with Gasteiger partial charge in [-0.3, -0.25) is 0 Å². The maximum atomic E-state index is 12.5. The summed E-state index contributed by atoms with van der Waals surface area (Å²) >= 11 is 0. The second kappa shape index (κ2) is 6.50. The van der Waals surface area contributed by atoms with Gasteiger partial charge in [-0.2, -0.15) is 0 Å². The number of fused-ring (bicyclic) bond motifs is 1. The van der Waals surface area contributed by atoms with Gasteiger partial charge in [0, 0.05) is 12.2 Å². The van der Waals surface area contributed by atoms with Crippen molar-refractivity contribution in [3.05, 3.63) is 29.3 Å². The van der Waals surface area contributed by atoms with Gasteiger partial charge < -0.3 is 10.1 Å².